The zero-order chi connectivity index (χ0) is 55.7. The highest BCUT2D eigenvalue weighted by Crippen LogP contribution is 2.18. The molecule has 0 N–H and O–H groups in total. The summed E-state index contributed by atoms with van der Waals surface area (Å²) in [5, 5.41) is 0. The van der Waals surface area contributed by atoms with Gasteiger partial charge in [0.2, 0.25) is 0 Å². The molecule has 0 rings (SSSR count). The van der Waals surface area contributed by atoms with Gasteiger partial charge < -0.3 is 14.2 Å². The van der Waals surface area contributed by atoms with Gasteiger partial charge in [-0.2, -0.15) is 0 Å². The van der Waals surface area contributed by atoms with Crippen molar-refractivity contribution in [3.8, 4) is 0 Å². The summed E-state index contributed by atoms with van der Waals surface area (Å²) in [6, 6.07) is 0. The minimum absolute atomic E-state index is 0.0690. The molecule has 0 amide bonds. The quantitative estimate of drug-likeness (QED) is 0.0261. The van der Waals surface area contributed by atoms with Crippen LogP contribution in [0.25, 0.3) is 0 Å². The predicted octanol–water partition coefficient (Wildman–Crippen LogP) is 23.6. The lowest BCUT2D eigenvalue weighted by Gasteiger charge is -2.18. The van der Waals surface area contributed by atoms with Crippen molar-refractivity contribution in [1.29, 1.82) is 0 Å². The first kappa shape index (κ1) is 74.6. The molecule has 0 aliphatic heterocycles. The zero-order valence-corrected chi connectivity index (χ0v) is 52.0. The lowest BCUT2D eigenvalue weighted by atomic mass is 10.0. The van der Waals surface area contributed by atoms with Crippen LogP contribution in [0.15, 0.2) is 36.5 Å². The number of unbranched alkanes of at least 4 members (excludes halogenated alkanes) is 47. The molecule has 6 heteroatoms. The maximum absolute atomic E-state index is 12.9. The van der Waals surface area contributed by atoms with Crippen molar-refractivity contribution in [2.45, 2.75) is 386 Å². The van der Waals surface area contributed by atoms with E-state index in [1.807, 2.05) is 0 Å². The molecular weight excluding hydrogens is 949 g/mol. The predicted molar refractivity (Wildman–Crippen MR) is 335 cm³/mol. The highest BCUT2D eigenvalue weighted by molar-refractivity contribution is 5.71. The molecule has 1 unspecified atom stereocenters. The van der Waals surface area contributed by atoms with Crippen LogP contribution in [0.3, 0.4) is 0 Å². The van der Waals surface area contributed by atoms with E-state index in [2.05, 4.69) is 57.2 Å². The minimum Gasteiger partial charge on any atom is -0.462 e. The Bertz CT molecular complexity index is 1290. The molecule has 0 saturated carbocycles. The summed E-state index contributed by atoms with van der Waals surface area (Å²) in [5.74, 6) is -0.845. The molecule has 77 heavy (non-hydrogen) atoms. The molecule has 0 aliphatic rings. The van der Waals surface area contributed by atoms with Crippen molar-refractivity contribution in [2.24, 2.45) is 0 Å². The third-order valence-electron chi connectivity index (χ3n) is 15.6. The number of hydrogen-bond acceptors (Lipinski definition) is 6. The minimum atomic E-state index is -0.773. The van der Waals surface area contributed by atoms with E-state index in [1.165, 1.54) is 276 Å². The van der Waals surface area contributed by atoms with Gasteiger partial charge in [-0.15, -0.1) is 0 Å². The lowest BCUT2D eigenvalue weighted by molar-refractivity contribution is -0.167. The van der Waals surface area contributed by atoms with E-state index in [-0.39, 0.29) is 31.1 Å². The fourth-order valence-electron chi connectivity index (χ4n) is 10.4. The Kier molecular flexibility index (Phi) is 64.1. The summed E-state index contributed by atoms with van der Waals surface area (Å²) in [7, 11) is 0. The monoisotopic (exact) mass is 1080 g/mol. The Balaban J connectivity index is 4.31. The first-order valence-corrected chi connectivity index (χ1v) is 34.5. The highest BCUT2D eigenvalue weighted by atomic mass is 16.6. The first-order chi connectivity index (χ1) is 38.0. The van der Waals surface area contributed by atoms with Crippen LogP contribution < -0.4 is 0 Å². The second-order valence-corrected chi connectivity index (χ2v) is 23.4. The van der Waals surface area contributed by atoms with E-state index < -0.39 is 6.10 Å². The van der Waals surface area contributed by atoms with E-state index in [9.17, 15) is 14.4 Å². The standard InChI is InChI=1S/C71H132O6/c1-4-7-10-13-16-19-22-25-28-31-33-34-35-36-38-40-43-46-49-52-55-58-61-64-70(73)76-67-68(66-75-69(72)63-60-57-54-51-48-45-42-39-30-27-24-21-18-15-12-9-6-3)77-71(74)65-62-59-56-53-50-47-44-41-37-32-29-26-23-20-17-14-11-8-5-2/h17,20,26,29,31,33,68H,4-16,18-19,21-25,27-28,30,32,34-67H2,1-3H3/b20-17-,29-26-,33-31-. The maximum Gasteiger partial charge on any atom is 0.306 e. The van der Waals surface area contributed by atoms with Crippen LogP contribution in [0.2, 0.25) is 0 Å². The van der Waals surface area contributed by atoms with Gasteiger partial charge in [-0.3, -0.25) is 14.4 Å². The molecule has 452 valence electrons. The number of carbonyl (C=O) groups is 3. The molecular formula is C71H132O6. The number of esters is 3. The van der Waals surface area contributed by atoms with Crippen molar-refractivity contribution in [2.75, 3.05) is 13.2 Å². The number of rotatable bonds is 64. The molecule has 1 atom stereocenters. The SMILES string of the molecule is CCCCC/C=C\C/C=C\CCCCCCCCCCCC(=O)OC(COC(=O)CCCCCCCCCCCCC/C=C\CCCCCCCCCC)COC(=O)CCCCCCCCCCCCCCCCCCC. The number of hydrogen-bond donors (Lipinski definition) is 0. The molecule has 0 bridgehead atoms. The molecule has 0 heterocycles. The van der Waals surface area contributed by atoms with Crippen molar-refractivity contribution in [3.05, 3.63) is 36.5 Å². The fraction of sp³-hybridized carbons (Fsp3) is 0.873. The molecule has 0 aromatic carbocycles. The van der Waals surface area contributed by atoms with Crippen LogP contribution >= 0.6 is 0 Å². The van der Waals surface area contributed by atoms with Crippen LogP contribution in [0.5, 0.6) is 0 Å². The molecule has 0 aromatic heterocycles. The zero-order valence-electron chi connectivity index (χ0n) is 52.0. The maximum atomic E-state index is 12.9. The van der Waals surface area contributed by atoms with Gasteiger partial charge in [0.25, 0.3) is 0 Å². The average molecular weight is 1080 g/mol. The second kappa shape index (κ2) is 66.1. The van der Waals surface area contributed by atoms with Gasteiger partial charge in [-0.05, 0) is 77.0 Å². The third-order valence-corrected chi connectivity index (χ3v) is 15.6. The van der Waals surface area contributed by atoms with Crippen LogP contribution in [-0.2, 0) is 28.6 Å². The molecule has 6 nitrogen and oxygen atoms in total. The van der Waals surface area contributed by atoms with Crippen LogP contribution in [0.1, 0.15) is 380 Å². The van der Waals surface area contributed by atoms with Crippen molar-refractivity contribution in [1.82, 2.24) is 0 Å². The summed E-state index contributed by atoms with van der Waals surface area (Å²) < 4.78 is 17.0. The molecule has 0 saturated heterocycles. The molecule has 0 aromatic rings. The number of ether oxygens (including phenoxy) is 3. The molecule has 0 radical (unpaired) electrons. The van der Waals surface area contributed by atoms with Crippen LogP contribution in [0.4, 0.5) is 0 Å². The third kappa shape index (κ3) is 64.3. The Labute approximate surface area is 480 Å². The van der Waals surface area contributed by atoms with Gasteiger partial charge in [0, 0.05) is 19.3 Å². The van der Waals surface area contributed by atoms with E-state index >= 15 is 0 Å². The van der Waals surface area contributed by atoms with Crippen molar-refractivity contribution >= 4 is 17.9 Å². The van der Waals surface area contributed by atoms with E-state index in [0.717, 1.165) is 64.2 Å². The number of allylic oxidation sites excluding steroid dienone is 6. The van der Waals surface area contributed by atoms with Crippen LogP contribution in [0, 0.1) is 0 Å². The van der Waals surface area contributed by atoms with Gasteiger partial charge in [0.05, 0.1) is 0 Å². The largest absolute Gasteiger partial charge is 0.462 e. The van der Waals surface area contributed by atoms with Crippen molar-refractivity contribution < 1.29 is 28.6 Å². The molecule has 0 aliphatic carbocycles. The van der Waals surface area contributed by atoms with Gasteiger partial charge in [0.1, 0.15) is 13.2 Å². The van der Waals surface area contributed by atoms with Gasteiger partial charge in [0.15, 0.2) is 6.10 Å². The van der Waals surface area contributed by atoms with Gasteiger partial charge >= 0.3 is 17.9 Å². The van der Waals surface area contributed by atoms with E-state index in [1.54, 1.807) is 0 Å². The van der Waals surface area contributed by atoms with E-state index in [0.29, 0.717) is 19.3 Å². The summed E-state index contributed by atoms with van der Waals surface area (Å²) in [5.41, 5.74) is 0. The lowest BCUT2D eigenvalue weighted by Crippen LogP contribution is -2.30. The molecule has 0 spiro atoms. The Morgan fingerprint density at radius 1 is 0.260 bits per heavy atom. The van der Waals surface area contributed by atoms with Crippen molar-refractivity contribution in [3.63, 3.8) is 0 Å². The van der Waals surface area contributed by atoms with Gasteiger partial charge in [-0.25, -0.2) is 0 Å². The second-order valence-electron chi connectivity index (χ2n) is 23.4. The summed E-state index contributed by atoms with van der Waals surface area (Å²) in [6.07, 6.45) is 81.6. The smallest absolute Gasteiger partial charge is 0.306 e. The topological polar surface area (TPSA) is 78.9 Å². The summed E-state index contributed by atoms with van der Waals surface area (Å²) >= 11 is 0. The van der Waals surface area contributed by atoms with E-state index in [4.69, 9.17) is 14.2 Å². The van der Waals surface area contributed by atoms with Gasteiger partial charge in [-0.1, -0.05) is 320 Å². The summed E-state index contributed by atoms with van der Waals surface area (Å²) in [6.45, 7) is 6.69. The Hall–Kier alpha value is -2.37. The first-order valence-electron chi connectivity index (χ1n) is 34.5. The highest BCUT2D eigenvalue weighted by Gasteiger charge is 2.19. The van der Waals surface area contributed by atoms with Crippen LogP contribution in [-0.4, -0.2) is 37.2 Å². The Morgan fingerprint density at radius 2 is 0.468 bits per heavy atom. The average Bonchev–Trinajstić information content (AvgIpc) is 3.43. The summed E-state index contributed by atoms with van der Waals surface area (Å²) in [4.78, 5) is 38.4. The normalized spacial score (nSPS) is 12.2. The Morgan fingerprint density at radius 3 is 0.753 bits per heavy atom. The number of carbonyl (C=O) groups excluding carboxylic acids is 3. The molecule has 0 fully saturated rings. The fourth-order valence-corrected chi connectivity index (χ4v) is 10.4.